The highest BCUT2D eigenvalue weighted by molar-refractivity contribution is 7.89. The lowest BCUT2D eigenvalue weighted by Crippen LogP contribution is -2.62. The van der Waals surface area contributed by atoms with E-state index in [1.165, 1.54) is 16.4 Å². The first kappa shape index (κ1) is 31.0. The van der Waals surface area contributed by atoms with E-state index in [2.05, 4.69) is 5.10 Å². The molecule has 0 saturated carbocycles. The second kappa shape index (κ2) is 11.0. The smallest absolute Gasteiger partial charge is 0.370 e. The SMILES string of the molecule is CCS(=O)(=O)N1CCCN(c2ccc(C3CC(C(O)(C(F)(F)F)C(F)(F)F)=NN3c3ccc(F)cc3F)cc2)CC1. The number of nitrogens with zero attached hydrogens (tertiary/aromatic N) is 4. The third kappa shape index (κ3) is 5.86. The first-order valence-corrected chi connectivity index (χ1v) is 14.1. The van der Waals surface area contributed by atoms with Crippen LogP contribution in [-0.4, -0.2) is 73.4 Å². The van der Waals surface area contributed by atoms with E-state index in [1.807, 2.05) is 4.90 Å². The molecule has 1 unspecified atom stereocenters. The van der Waals surface area contributed by atoms with Gasteiger partial charge in [-0.15, -0.1) is 0 Å². The van der Waals surface area contributed by atoms with Crippen molar-refractivity contribution in [2.24, 2.45) is 5.10 Å². The molecule has 1 N–H and O–H groups in total. The van der Waals surface area contributed by atoms with Crippen molar-refractivity contribution < 1.29 is 48.6 Å². The van der Waals surface area contributed by atoms with Crippen molar-refractivity contribution in [3.63, 3.8) is 0 Å². The van der Waals surface area contributed by atoms with Crippen LogP contribution in [0.1, 0.15) is 31.4 Å². The van der Waals surface area contributed by atoms with Crippen LogP contribution in [0.4, 0.5) is 46.5 Å². The second-order valence-corrected chi connectivity index (χ2v) is 11.9. The third-order valence-electron chi connectivity index (χ3n) is 7.16. The lowest BCUT2D eigenvalue weighted by Gasteiger charge is -2.32. The van der Waals surface area contributed by atoms with Gasteiger partial charge in [0.1, 0.15) is 5.82 Å². The quantitative estimate of drug-likeness (QED) is 0.465. The molecule has 2 aliphatic rings. The van der Waals surface area contributed by atoms with Crippen LogP contribution >= 0.6 is 0 Å². The predicted octanol–water partition coefficient (Wildman–Crippen LogP) is 4.99. The number of hydrazone groups is 1. The molecule has 226 valence electrons. The van der Waals surface area contributed by atoms with Gasteiger partial charge in [0, 0.05) is 44.4 Å². The average Bonchev–Trinajstić information content (AvgIpc) is 3.16. The van der Waals surface area contributed by atoms with Crippen LogP contribution in [0.15, 0.2) is 47.6 Å². The monoisotopic (exact) mass is 614 g/mol. The number of anilines is 2. The van der Waals surface area contributed by atoms with Crippen LogP contribution in [0.2, 0.25) is 0 Å². The van der Waals surface area contributed by atoms with Gasteiger partial charge in [0.05, 0.1) is 23.2 Å². The molecule has 0 aliphatic carbocycles. The first-order chi connectivity index (χ1) is 19.0. The van der Waals surface area contributed by atoms with Crippen LogP contribution in [0.25, 0.3) is 0 Å². The van der Waals surface area contributed by atoms with Crippen molar-refractivity contribution in [2.75, 3.05) is 41.8 Å². The van der Waals surface area contributed by atoms with Gasteiger partial charge in [-0.25, -0.2) is 21.5 Å². The van der Waals surface area contributed by atoms with E-state index in [9.17, 15) is 48.6 Å². The number of benzene rings is 2. The van der Waals surface area contributed by atoms with Gasteiger partial charge in [-0.05, 0) is 43.2 Å². The van der Waals surface area contributed by atoms with E-state index in [-0.39, 0.29) is 17.9 Å². The molecule has 1 fully saturated rings. The zero-order valence-corrected chi connectivity index (χ0v) is 22.4. The van der Waals surface area contributed by atoms with Gasteiger partial charge < -0.3 is 10.0 Å². The van der Waals surface area contributed by atoms with Crippen molar-refractivity contribution in [2.45, 2.75) is 43.8 Å². The fourth-order valence-corrected chi connectivity index (χ4v) is 6.02. The van der Waals surface area contributed by atoms with Gasteiger partial charge in [-0.1, -0.05) is 12.1 Å². The van der Waals surface area contributed by atoms with Crippen molar-refractivity contribution in [3.8, 4) is 0 Å². The molecule has 1 atom stereocenters. The van der Waals surface area contributed by atoms with Crippen molar-refractivity contribution in [1.82, 2.24) is 4.31 Å². The van der Waals surface area contributed by atoms with Crippen molar-refractivity contribution in [3.05, 3.63) is 59.7 Å². The van der Waals surface area contributed by atoms with E-state index in [4.69, 9.17) is 0 Å². The lowest BCUT2D eigenvalue weighted by molar-refractivity contribution is -0.338. The summed E-state index contributed by atoms with van der Waals surface area (Å²) in [6.45, 7) is 2.92. The normalized spacial score (nSPS) is 19.9. The molecule has 0 bridgehead atoms. The highest BCUT2D eigenvalue weighted by Crippen LogP contribution is 2.49. The number of halogens is 8. The number of hydrogen-bond acceptors (Lipinski definition) is 6. The minimum Gasteiger partial charge on any atom is -0.370 e. The summed E-state index contributed by atoms with van der Waals surface area (Å²) in [6, 6.07) is 6.52. The van der Waals surface area contributed by atoms with Gasteiger partial charge >= 0.3 is 12.4 Å². The van der Waals surface area contributed by atoms with Crippen LogP contribution in [0, 0.1) is 11.6 Å². The molecule has 7 nitrogen and oxygen atoms in total. The van der Waals surface area contributed by atoms with E-state index >= 15 is 0 Å². The molecule has 2 heterocycles. The Morgan fingerprint density at radius 2 is 1.56 bits per heavy atom. The minimum atomic E-state index is -6.19. The van der Waals surface area contributed by atoms with E-state index in [0.29, 0.717) is 42.8 Å². The van der Waals surface area contributed by atoms with Crippen molar-refractivity contribution in [1.29, 1.82) is 0 Å². The Hall–Kier alpha value is -2.98. The molecule has 0 radical (unpaired) electrons. The maximum absolute atomic E-state index is 14.7. The average molecular weight is 615 g/mol. The Balaban J connectivity index is 1.67. The molecule has 16 heteroatoms. The van der Waals surface area contributed by atoms with E-state index in [1.54, 1.807) is 19.1 Å². The fourth-order valence-electron chi connectivity index (χ4n) is 4.89. The van der Waals surface area contributed by atoms with Gasteiger partial charge in [-0.3, -0.25) is 5.01 Å². The Morgan fingerprint density at radius 3 is 2.12 bits per heavy atom. The highest BCUT2D eigenvalue weighted by atomic mass is 32.2. The number of hydrogen-bond donors (Lipinski definition) is 1. The summed E-state index contributed by atoms with van der Waals surface area (Å²) in [5, 5.41) is 13.9. The molecular formula is C25H26F8N4O3S. The standard InChI is InChI=1S/C25H26F8N4O3S/c1-2-41(39,40)36-11-3-10-35(12-13-36)18-7-4-16(5-8-18)21-15-22(23(38,24(28,29)30)25(31,32)33)34-37(21)20-9-6-17(26)14-19(20)27/h4-9,14,21,38H,2-3,10-13,15H2,1H3. The van der Waals surface area contributed by atoms with Gasteiger partial charge in [0.2, 0.25) is 10.0 Å². The molecule has 0 aromatic heterocycles. The highest BCUT2D eigenvalue weighted by Gasteiger charge is 2.74. The summed E-state index contributed by atoms with van der Waals surface area (Å²) in [7, 11) is -3.39. The lowest BCUT2D eigenvalue weighted by atomic mass is 9.90. The molecule has 41 heavy (non-hydrogen) atoms. The van der Waals surface area contributed by atoms with Gasteiger partial charge in [0.25, 0.3) is 5.60 Å². The predicted molar refractivity (Wildman–Crippen MR) is 135 cm³/mol. The Bertz CT molecular complexity index is 1380. The Morgan fingerprint density at radius 1 is 0.927 bits per heavy atom. The van der Waals surface area contributed by atoms with E-state index < -0.39 is 63.5 Å². The third-order valence-corrected chi connectivity index (χ3v) is 9.04. The molecule has 2 aromatic carbocycles. The van der Waals surface area contributed by atoms with Crippen LogP contribution in [0.5, 0.6) is 0 Å². The zero-order chi connectivity index (χ0) is 30.4. The number of sulfonamides is 1. The molecule has 0 spiro atoms. The largest absolute Gasteiger partial charge is 0.431 e. The Kier molecular flexibility index (Phi) is 8.32. The minimum absolute atomic E-state index is 0.0455. The maximum atomic E-state index is 14.7. The van der Waals surface area contributed by atoms with Gasteiger partial charge in [0.15, 0.2) is 5.82 Å². The molecule has 4 rings (SSSR count). The van der Waals surface area contributed by atoms with Crippen LogP contribution in [-0.2, 0) is 10.0 Å². The number of alkyl halides is 6. The summed E-state index contributed by atoms with van der Waals surface area (Å²) in [6.07, 6.45) is -12.9. The van der Waals surface area contributed by atoms with Crippen molar-refractivity contribution >= 4 is 27.1 Å². The topological polar surface area (TPSA) is 76.5 Å². The fraction of sp³-hybridized carbons (Fsp3) is 0.480. The zero-order valence-electron chi connectivity index (χ0n) is 21.6. The number of rotatable bonds is 6. The van der Waals surface area contributed by atoms with Crippen LogP contribution in [0.3, 0.4) is 0 Å². The second-order valence-electron chi connectivity index (χ2n) is 9.64. The van der Waals surface area contributed by atoms with Crippen LogP contribution < -0.4 is 9.91 Å². The number of aliphatic hydroxyl groups is 1. The summed E-state index contributed by atoms with van der Waals surface area (Å²) < 4.78 is 136. The summed E-state index contributed by atoms with van der Waals surface area (Å²) >= 11 is 0. The molecular weight excluding hydrogens is 588 g/mol. The molecule has 2 aliphatic heterocycles. The summed E-state index contributed by atoms with van der Waals surface area (Å²) in [5.74, 6) is -2.36. The maximum Gasteiger partial charge on any atom is 0.431 e. The van der Waals surface area contributed by atoms with E-state index in [0.717, 1.165) is 12.1 Å². The summed E-state index contributed by atoms with van der Waals surface area (Å²) in [4.78, 5) is 1.88. The molecule has 0 amide bonds. The van der Waals surface area contributed by atoms with Gasteiger partial charge in [-0.2, -0.15) is 31.4 Å². The summed E-state index contributed by atoms with van der Waals surface area (Å²) in [5.41, 5.74) is -6.83. The molecule has 1 saturated heterocycles. The first-order valence-electron chi connectivity index (χ1n) is 12.5. The Labute approximate surface area is 230 Å². The molecule has 2 aromatic rings.